The normalized spacial score (nSPS) is 12.6. The summed E-state index contributed by atoms with van der Waals surface area (Å²) in [6.45, 7) is 3.66. The van der Waals surface area contributed by atoms with Crippen LogP contribution in [0.5, 0.6) is 0 Å². The van der Waals surface area contributed by atoms with Gasteiger partial charge in [-0.05, 0) is 24.1 Å². The van der Waals surface area contributed by atoms with Crippen LogP contribution in [0.25, 0.3) is 0 Å². The van der Waals surface area contributed by atoms with Crippen molar-refractivity contribution in [2.24, 2.45) is 7.05 Å². The van der Waals surface area contributed by atoms with Gasteiger partial charge in [0.2, 0.25) is 0 Å². The van der Waals surface area contributed by atoms with E-state index < -0.39 is 22.0 Å². The number of esters is 1. The Morgan fingerprint density at radius 3 is 2.88 bits per heavy atom. The van der Waals surface area contributed by atoms with Gasteiger partial charge in [0.1, 0.15) is 0 Å². The van der Waals surface area contributed by atoms with Gasteiger partial charge in [0.15, 0.2) is 5.03 Å². The molecule has 0 bridgehead atoms. The van der Waals surface area contributed by atoms with E-state index in [9.17, 15) is 13.2 Å². The van der Waals surface area contributed by atoms with Crippen LogP contribution >= 0.6 is 0 Å². The number of carbonyl (C=O) groups excluding carboxylic acids is 1. The molecule has 0 aliphatic heterocycles. The van der Waals surface area contributed by atoms with Crippen LogP contribution < -0.4 is 4.72 Å². The van der Waals surface area contributed by atoms with E-state index in [0.29, 0.717) is 6.42 Å². The fraction of sp³-hybridized carbons (Fsp3) is 0.250. The average molecular weight is 349 g/mol. The molecule has 0 saturated carbocycles. The van der Waals surface area contributed by atoms with E-state index in [1.54, 1.807) is 37.7 Å². The predicted molar refractivity (Wildman–Crippen MR) is 88.9 cm³/mol. The van der Waals surface area contributed by atoms with E-state index >= 15 is 0 Å². The summed E-state index contributed by atoms with van der Waals surface area (Å²) in [7, 11) is -1.06. The van der Waals surface area contributed by atoms with Gasteiger partial charge in [-0.25, -0.2) is 17.9 Å². The molecule has 2 aromatic heterocycles. The summed E-state index contributed by atoms with van der Waals surface area (Å²) in [6, 6.07) is 4.30. The molecule has 0 aliphatic rings. The second-order valence-electron chi connectivity index (χ2n) is 5.15. The van der Waals surface area contributed by atoms with Crippen LogP contribution in [-0.2, 0) is 21.8 Å². The van der Waals surface area contributed by atoms with Gasteiger partial charge in [-0.3, -0.25) is 4.98 Å². The molecule has 0 unspecified atom stereocenters. The van der Waals surface area contributed by atoms with Gasteiger partial charge >= 0.3 is 5.97 Å². The van der Waals surface area contributed by atoms with Crippen molar-refractivity contribution in [3.8, 4) is 0 Å². The molecule has 1 atom stereocenters. The van der Waals surface area contributed by atoms with Crippen molar-refractivity contribution >= 4 is 16.0 Å². The predicted octanol–water partition coefficient (Wildman–Crippen LogP) is 1.80. The maximum absolute atomic E-state index is 12.7. The van der Waals surface area contributed by atoms with Gasteiger partial charge in [-0.2, -0.15) is 0 Å². The molecule has 0 amide bonds. The molecule has 24 heavy (non-hydrogen) atoms. The Bertz CT molecular complexity index is 828. The lowest BCUT2D eigenvalue weighted by Crippen LogP contribution is -2.29. The smallest absolute Gasteiger partial charge is 0.339 e. The molecule has 0 aromatic carbocycles. The highest BCUT2D eigenvalue weighted by Gasteiger charge is 2.25. The lowest BCUT2D eigenvalue weighted by Gasteiger charge is -2.17. The van der Waals surface area contributed by atoms with E-state index in [1.165, 1.54) is 23.9 Å². The number of rotatable bonds is 7. The molecule has 0 fully saturated rings. The minimum Gasteiger partial charge on any atom is -0.465 e. The topological polar surface area (TPSA) is 90.3 Å². The zero-order valence-electron chi connectivity index (χ0n) is 13.5. The molecule has 0 radical (unpaired) electrons. The largest absolute Gasteiger partial charge is 0.465 e. The van der Waals surface area contributed by atoms with Crippen LogP contribution in [0, 0.1) is 0 Å². The third-order valence-corrected chi connectivity index (χ3v) is 4.99. The van der Waals surface area contributed by atoms with E-state index in [0.717, 1.165) is 5.56 Å². The molecule has 2 rings (SSSR count). The Kier molecular flexibility index (Phi) is 5.53. The molecular weight excluding hydrogens is 330 g/mol. The van der Waals surface area contributed by atoms with E-state index in [4.69, 9.17) is 0 Å². The molecule has 0 aliphatic carbocycles. The number of methoxy groups -OCH3 is 1. The molecule has 128 valence electrons. The Labute approximate surface area is 141 Å². The lowest BCUT2D eigenvalue weighted by molar-refractivity contribution is 0.0600. The Balaban J connectivity index is 2.34. The van der Waals surface area contributed by atoms with E-state index in [2.05, 4.69) is 21.0 Å². The summed E-state index contributed by atoms with van der Waals surface area (Å²) >= 11 is 0. The zero-order chi connectivity index (χ0) is 17.7. The van der Waals surface area contributed by atoms with Crippen LogP contribution in [-0.4, -0.2) is 31.0 Å². The minimum absolute atomic E-state index is 0.0270. The summed E-state index contributed by atoms with van der Waals surface area (Å²) in [5.74, 6) is -0.595. The first-order valence-electron chi connectivity index (χ1n) is 7.17. The minimum atomic E-state index is -3.85. The zero-order valence-corrected chi connectivity index (χ0v) is 14.3. The molecule has 1 N–H and O–H groups in total. The number of pyridine rings is 1. The first kappa shape index (κ1) is 17.9. The van der Waals surface area contributed by atoms with Crippen LogP contribution in [0.15, 0.2) is 54.5 Å². The van der Waals surface area contributed by atoms with Crippen molar-refractivity contribution in [1.29, 1.82) is 0 Å². The van der Waals surface area contributed by atoms with Crippen molar-refractivity contribution in [2.45, 2.75) is 17.5 Å². The molecule has 2 heterocycles. The van der Waals surface area contributed by atoms with E-state index in [-0.39, 0.29) is 10.6 Å². The first-order valence-corrected chi connectivity index (χ1v) is 8.65. The van der Waals surface area contributed by atoms with Gasteiger partial charge in [0.25, 0.3) is 10.0 Å². The standard InChI is InChI=1S/C16H19N3O4S/c1-4-6-14(12-7-5-8-17-10-12)18-24(21,22)15-9-13(11-19(15)2)16(20)23-3/h4-5,7-11,14,18H,1,6H2,2-3H3/t14-/m1/s1. The first-order chi connectivity index (χ1) is 11.4. The summed E-state index contributed by atoms with van der Waals surface area (Å²) in [5.41, 5.74) is 0.894. The maximum atomic E-state index is 12.7. The van der Waals surface area contributed by atoms with Crippen molar-refractivity contribution < 1.29 is 17.9 Å². The summed E-state index contributed by atoms with van der Waals surface area (Å²) < 4.78 is 34.0. The Morgan fingerprint density at radius 1 is 1.54 bits per heavy atom. The number of ether oxygens (including phenoxy) is 1. The number of nitrogens with zero attached hydrogens (tertiary/aromatic N) is 2. The number of nitrogens with one attached hydrogen (secondary N) is 1. The number of sulfonamides is 1. The third kappa shape index (κ3) is 3.90. The monoisotopic (exact) mass is 349 g/mol. The van der Waals surface area contributed by atoms with Crippen molar-refractivity contribution in [1.82, 2.24) is 14.3 Å². The summed E-state index contributed by atoms with van der Waals surface area (Å²) in [4.78, 5) is 15.6. The van der Waals surface area contributed by atoms with Crippen LogP contribution in [0.2, 0.25) is 0 Å². The SMILES string of the molecule is C=CC[C@@H](NS(=O)(=O)c1cc(C(=O)OC)cn1C)c1cccnc1. The highest BCUT2D eigenvalue weighted by atomic mass is 32.2. The quantitative estimate of drug-likeness (QED) is 0.608. The summed E-state index contributed by atoms with van der Waals surface area (Å²) in [6.07, 6.45) is 6.65. The van der Waals surface area contributed by atoms with Gasteiger partial charge in [-0.15, -0.1) is 6.58 Å². The number of hydrogen-bond donors (Lipinski definition) is 1. The second-order valence-corrected chi connectivity index (χ2v) is 6.81. The molecule has 7 nitrogen and oxygen atoms in total. The number of carbonyl (C=O) groups is 1. The number of aromatic nitrogens is 2. The Morgan fingerprint density at radius 2 is 2.29 bits per heavy atom. The fourth-order valence-corrected chi connectivity index (χ4v) is 3.73. The van der Waals surface area contributed by atoms with Gasteiger partial charge in [-0.1, -0.05) is 12.1 Å². The van der Waals surface area contributed by atoms with Gasteiger partial charge in [0, 0.05) is 25.6 Å². The highest BCUT2D eigenvalue weighted by molar-refractivity contribution is 7.89. The maximum Gasteiger partial charge on any atom is 0.339 e. The molecule has 0 spiro atoms. The van der Waals surface area contributed by atoms with Crippen LogP contribution in [0.1, 0.15) is 28.4 Å². The van der Waals surface area contributed by atoms with Crippen LogP contribution in [0.3, 0.4) is 0 Å². The number of aryl methyl sites for hydroxylation is 1. The van der Waals surface area contributed by atoms with Gasteiger partial charge < -0.3 is 9.30 Å². The third-order valence-electron chi connectivity index (χ3n) is 3.44. The molecule has 8 heteroatoms. The van der Waals surface area contributed by atoms with Crippen molar-refractivity contribution in [3.63, 3.8) is 0 Å². The van der Waals surface area contributed by atoms with Crippen molar-refractivity contribution in [2.75, 3.05) is 7.11 Å². The Hall–Kier alpha value is -2.45. The average Bonchev–Trinajstić information content (AvgIpc) is 2.97. The highest BCUT2D eigenvalue weighted by Crippen LogP contribution is 2.21. The fourth-order valence-electron chi connectivity index (χ4n) is 2.29. The number of hydrogen-bond acceptors (Lipinski definition) is 5. The van der Waals surface area contributed by atoms with E-state index in [1.807, 2.05) is 0 Å². The van der Waals surface area contributed by atoms with Gasteiger partial charge in [0.05, 0.1) is 18.7 Å². The molecular formula is C16H19N3O4S. The molecule has 2 aromatic rings. The van der Waals surface area contributed by atoms with Crippen molar-refractivity contribution in [3.05, 3.63) is 60.6 Å². The van der Waals surface area contributed by atoms with Crippen LogP contribution in [0.4, 0.5) is 0 Å². The lowest BCUT2D eigenvalue weighted by atomic mass is 10.1. The molecule has 0 saturated heterocycles. The second kappa shape index (κ2) is 7.41. The summed E-state index contributed by atoms with van der Waals surface area (Å²) in [5, 5.41) is -0.0270.